The molecule has 6 nitrogen and oxygen atoms in total. The summed E-state index contributed by atoms with van der Waals surface area (Å²) in [5.41, 5.74) is 5.38. The maximum atomic E-state index is 10.8. The molecule has 4 N–H and O–H groups in total. The Hall–Kier alpha value is -1.50. The van der Waals surface area contributed by atoms with Gasteiger partial charge in [-0.3, -0.25) is 9.59 Å². The number of ether oxygens (including phenoxy) is 1. The number of halogens is 2. The molecule has 1 aromatic rings. The lowest BCUT2D eigenvalue weighted by Crippen LogP contribution is -2.46. The van der Waals surface area contributed by atoms with Gasteiger partial charge >= 0.3 is 11.9 Å². The van der Waals surface area contributed by atoms with E-state index in [-0.39, 0.29) is 10.8 Å². The molecule has 0 aromatic heterocycles. The largest absolute Gasteiger partial charge is 0.488 e. The second-order valence-corrected chi connectivity index (χ2v) is 4.51. The second-order valence-electron chi connectivity index (χ2n) is 3.69. The van der Waals surface area contributed by atoms with Gasteiger partial charge in [-0.2, -0.15) is 0 Å². The van der Waals surface area contributed by atoms with Crippen molar-refractivity contribution >= 4 is 35.1 Å². The zero-order valence-corrected chi connectivity index (χ0v) is 11.1. The van der Waals surface area contributed by atoms with Crippen molar-refractivity contribution in [3.8, 4) is 5.75 Å². The van der Waals surface area contributed by atoms with E-state index < -0.39 is 30.5 Å². The number of carbonyl (C=O) groups is 2. The van der Waals surface area contributed by atoms with Crippen LogP contribution in [0.5, 0.6) is 5.75 Å². The summed E-state index contributed by atoms with van der Waals surface area (Å²) in [6.45, 7) is 0. The minimum atomic E-state index is -1.47. The smallest absolute Gasteiger partial charge is 0.324 e. The molecule has 0 heterocycles. The fourth-order valence-corrected chi connectivity index (χ4v) is 1.59. The monoisotopic (exact) mass is 307 g/mol. The van der Waals surface area contributed by atoms with E-state index in [9.17, 15) is 9.59 Å². The molecule has 1 unspecified atom stereocenters. The average Bonchev–Trinajstić information content (AvgIpc) is 2.31. The summed E-state index contributed by atoms with van der Waals surface area (Å²) < 4.78 is 5.25. The Kier molecular flexibility index (Phi) is 5.41. The predicted octanol–water partition coefficient (Wildman–Crippen LogP) is 1.63. The summed E-state index contributed by atoms with van der Waals surface area (Å²) in [5, 5.41) is 18.0. The van der Waals surface area contributed by atoms with Gasteiger partial charge in [-0.1, -0.05) is 23.2 Å². The third kappa shape index (κ3) is 4.59. The minimum absolute atomic E-state index is 0.192. The zero-order chi connectivity index (χ0) is 14.6. The quantitative estimate of drug-likeness (QED) is 0.736. The fraction of sp³-hybridized carbons (Fsp3) is 0.273. The Balaban J connectivity index is 2.90. The van der Waals surface area contributed by atoms with Crippen LogP contribution in [0.2, 0.25) is 10.0 Å². The number of rotatable bonds is 6. The molecule has 1 aromatic carbocycles. The number of benzene rings is 1. The van der Waals surface area contributed by atoms with Gasteiger partial charge in [-0.05, 0) is 12.1 Å². The first-order valence-corrected chi connectivity index (χ1v) is 5.88. The number of nitrogens with two attached hydrogens (primary N) is 1. The van der Waals surface area contributed by atoms with Crippen LogP contribution in [0.4, 0.5) is 0 Å². The van der Waals surface area contributed by atoms with Gasteiger partial charge in [0.1, 0.15) is 17.9 Å². The Morgan fingerprint density at radius 2 is 1.89 bits per heavy atom. The van der Waals surface area contributed by atoms with Gasteiger partial charge in [0.25, 0.3) is 0 Å². The molecule has 0 spiro atoms. The normalized spacial score (nSPS) is 13.6. The molecule has 1 rings (SSSR count). The van der Waals surface area contributed by atoms with Gasteiger partial charge in [0.2, 0.25) is 0 Å². The van der Waals surface area contributed by atoms with E-state index in [1.54, 1.807) is 0 Å². The van der Waals surface area contributed by atoms with Crippen molar-refractivity contribution in [3.05, 3.63) is 28.2 Å². The lowest BCUT2D eigenvalue weighted by molar-refractivity contribution is -0.143. The van der Waals surface area contributed by atoms with E-state index in [0.29, 0.717) is 5.02 Å². The minimum Gasteiger partial charge on any atom is -0.488 e. The molecule has 8 heteroatoms. The van der Waals surface area contributed by atoms with Crippen molar-refractivity contribution in [1.29, 1.82) is 0 Å². The van der Waals surface area contributed by atoms with Crippen LogP contribution in [0.1, 0.15) is 6.42 Å². The van der Waals surface area contributed by atoms with Crippen molar-refractivity contribution in [2.75, 3.05) is 0 Å². The number of hydrogen-bond acceptors (Lipinski definition) is 4. The van der Waals surface area contributed by atoms with Gasteiger partial charge in [0.15, 0.2) is 0 Å². The molecular weight excluding hydrogens is 297 g/mol. The van der Waals surface area contributed by atoms with Crippen LogP contribution in [0.15, 0.2) is 18.2 Å². The maximum absolute atomic E-state index is 10.8. The van der Waals surface area contributed by atoms with Gasteiger partial charge in [-0.15, -0.1) is 0 Å². The number of aliphatic carboxylic acids is 2. The van der Waals surface area contributed by atoms with Crippen LogP contribution in [0, 0.1) is 0 Å². The molecule has 0 amide bonds. The summed E-state index contributed by atoms with van der Waals surface area (Å²) in [4.78, 5) is 21.5. The summed E-state index contributed by atoms with van der Waals surface area (Å²) in [6, 6.07) is 2.78. The van der Waals surface area contributed by atoms with E-state index in [2.05, 4.69) is 0 Å². The molecule has 0 bridgehead atoms. The van der Waals surface area contributed by atoms with E-state index >= 15 is 0 Å². The van der Waals surface area contributed by atoms with Crippen LogP contribution in [-0.2, 0) is 9.59 Å². The molecule has 0 aliphatic carbocycles. The number of carboxylic acids is 2. The third-order valence-corrected chi connectivity index (χ3v) is 2.98. The lowest BCUT2D eigenvalue weighted by atomic mass is 10.1. The Morgan fingerprint density at radius 1 is 1.26 bits per heavy atom. The molecule has 2 atom stereocenters. The Morgan fingerprint density at radius 3 is 2.37 bits per heavy atom. The van der Waals surface area contributed by atoms with Crippen LogP contribution < -0.4 is 10.5 Å². The molecule has 0 aliphatic rings. The molecule has 0 saturated heterocycles. The van der Waals surface area contributed by atoms with E-state index in [4.69, 9.17) is 43.9 Å². The molecule has 104 valence electrons. The summed E-state index contributed by atoms with van der Waals surface area (Å²) in [6.07, 6.45) is -1.76. The average molecular weight is 308 g/mol. The van der Waals surface area contributed by atoms with Crippen LogP contribution in [-0.4, -0.2) is 34.3 Å². The first-order valence-electron chi connectivity index (χ1n) is 5.13. The van der Waals surface area contributed by atoms with E-state index in [1.807, 2.05) is 0 Å². The SMILES string of the molecule is N[C@H](C(=O)O)C(CC(=O)O)Oc1ccc(Cl)c(Cl)c1. The highest BCUT2D eigenvalue weighted by Gasteiger charge is 2.28. The maximum Gasteiger partial charge on any atom is 0.324 e. The Bertz CT molecular complexity index is 494. The highest BCUT2D eigenvalue weighted by Crippen LogP contribution is 2.27. The standard InChI is InChI=1S/C11H11Cl2NO5/c12-6-2-1-5(3-7(6)13)19-8(4-9(15)16)10(14)11(17)18/h1-3,8,10H,4,14H2,(H,15,16)(H,17,18)/t8?,10-/m0/s1. The number of carboxylic acid groups (broad SMARTS) is 2. The van der Waals surface area contributed by atoms with Crippen molar-refractivity contribution in [1.82, 2.24) is 0 Å². The van der Waals surface area contributed by atoms with E-state index in [0.717, 1.165) is 0 Å². The fourth-order valence-electron chi connectivity index (χ4n) is 1.30. The third-order valence-electron chi connectivity index (χ3n) is 2.24. The number of hydrogen-bond donors (Lipinski definition) is 3. The van der Waals surface area contributed by atoms with Crippen molar-refractivity contribution in [2.45, 2.75) is 18.6 Å². The molecule has 0 saturated carbocycles. The molecule has 19 heavy (non-hydrogen) atoms. The first-order chi connectivity index (χ1) is 8.81. The van der Waals surface area contributed by atoms with Crippen molar-refractivity contribution in [3.63, 3.8) is 0 Å². The van der Waals surface area contributed by atoms with Gasteiger partial charge in [0, 0.05) is 6.07 Å². The van der Waals surface area contributed by atoms with E-state index in [1.165, 1.54) is 18.2 Å². The van der Waals surface area contributed by atoms with Gasteiger partial charge in [0.05, 0.1) is 16.5 Å². The van der Waals surface area contributed by atoms with Crippen LogP contribution in [0.25, 0.3) is 0 Å². The molecule has 0 radical (unpaired) electrons. The van der Waals surface area contributed by atoms with Crippen LogP contribution in [0.3, 0.4) is 0 Å². The highest BCUT2D eigenvalue weighted by atomic mass is 35.5. The first kappa shape index (κ1) is 15.6. The molecular formula is C11H11Cl2NO5. The summed E-state index contributed by atoms with van der Waals surface area (Å²) in [5.74, 6) is -2.38. The second kappa shape index (κ2) is 6.60. The van der Waals surface area contributed by atoms with Crippen LogP contribution >= 0.6 is 23.2 Å². The summed E-state index contributed by atoms with van der Waals surface area (Å²) in [7, 11) is 0. The predicted molar refractivity (Wildman–Crippen MR) is 68.7 cm³/mol. The zero-order valence-electron chi connectivity index (χ0n) is 9.55. The van der Waals surface area contributed by atoms with Gasteiger partial charge < -0.3 is 20.7 Å². The lowest BCUT2D eigenvalue weighted by Gasteiger charge is -2.21. The van der Waals surface area contributed by atoms with Gasteiger partial charge in [-0.25, -0.2) is 0 Å². The molecule has 0 aliphatic heterocycles. The van der Waals surface area contributed by atoms with Crippen molar-refractivity contribution in [2.24, 2.45) is 5.73 Å². The molecule has 0 fully saturated rings. The highest BCUT2D eigenvalue weighted by molar-refractivity contribution is 6.42. The Labute approximate surface area is 118 Å². The topological polar surface area (TPSA) is 110 Å². The summed E-state index contributed by atoms with van der Waals surface area (Å²) >= 11 is 11.5. The van der Waals surface area contributed by atoms with Crippen molar-refractivity contribution < 1.29 is 24.5 Å².